The van der Waals surface area contributed by atoms with E-state index in [1.807, 2.05) is 20.8 Å². The fourth-order valence-corrected chi connectivity index (χ4v) is 1.70. The minimum Gasteiger partial charge on any atom is -0.311 e. The predicted octanol–water partition coefficient (Wildman–Crippen LogP) is 4.25. The van der Waals surface area contributed by atoms with Gasteiger partial charge in [-0.2, -0.15) is 13.2 Å². The van der Waals surface area contributed by atoms with Crippen LogP contribution in [0, 0.1) is 5.82 Å². The molecular formula is C14H17F4N. The molecule has 5 heteroatoms. The molecule has 1 nitrogen and oxygen atoms in total. The van der Waals surface area contributed by atoms with Gasteiger partial charge in [-0.15, -0.1) is 0 Å². The molecule has 1 aromatic rings. The largest absolute Gasteiger partial charge is 0.419 e. The molecule has 0 bridgehead atoms. The lowest BCUT2D eigenvalue weighted by atomic mass is 10.0. The first-order valence-corrected chi connectivity index (χ1v) is 6.04. The molecule has 0 radical (unpaired) electrons. The van der Waals surface area contributed by atoms with E-state index in [0.717, 1.165) is 24.3 Å². The van der Waals surface area contributed by atoms with Crippen LogP contribution in [0.5, 0.6) is 0 Å². The highest BCUT2D eigenvalue weighted by Gasteiger charge is 2.34. The summed E-state index contributed by atoms with van der Waals surface area (Å²) in [4.78, 5) is 0. The Labute approximate surface area is 110 Å². The molecule has 0 heterocycles. The molecule has 1 N–H and O–H groups in total. The minimum absolute atomic E-state index is 0.0596. The molecule has 0 saturated carbocycles. The summed E-state index contributed by atoms with van der Waals surface area (Å²) >= 11 is 0. The zero-order valence-electron chi connectivity index (χ0n) is 11.1. The minimum atomic E-state index is -4.67. The highest BCUT2D eigenvalue weighted by molar-refractivity contribution is 5.54. The smallest absolute Gasteiger partial charge is 0.311 e. The Morgan fingerprint density at radius 1 is 1.37 bits per heavy atom. The number of likely N-dealkylation sites (N-methyl/N-ethyl adjacent to an activating group) is 1. The van der Waals surface area contributed by atoms with Crippen LogP contribution in [0.3, 0.4) is 0 Å². The van der Waals surface area contributed by atoms with E-state index in [-0.39, 0.29) is 6.04 Å². The number of alkyl halides is 3. The van der Waals surface area contributed by atoms with Crippen LogP contribution in [0.25, 0.3) is 6.08 Å². The van der Waals surface area contributed by atoms with Crippen LogP contribution in [0.4, 0.5) is 17.6 Å². The summed E-state index contributed by atoms with van der Waals surface area (Å²) in [5.41, 5.74) is 0.00251. The number of hydrogen-bond acceptors (Lipinski definition) is 1. The van der Waals surface area contributed by atoms with Gasteiger partial charge in [-0.25, -0.2) is 4.39 Å². The van der Waals surface area contributed by atoms with E-state index in [1.165, 1.54) is 6.07 Å². The van der Waals surface area contributed by atoms with Crippen LogP contribution in [0.15, 0.2) is 23.8 Å². The molecule has 1 atom stereocenters. The molecule has 0 aliphatic heterocycles. The van der Waals surface area contributed by atoms with Gasteiger partial charge in [0.2, 0.25) is 0 Å². The van der Waals surface area contributed by atoms with Crippen molar-refractivity contribution >= 4 is 6.08 Å². The molecule has 0 spiro atoms. The molecular weight excluding hydrogens is 258 g/mol. The van der Waals surface area contributed by atoms with Gasteiger partial charge in [0.05, 0.1) is 5.56 Å². The lowest BCUT2D eigenvalue weighted by molar-refractivity contribution is -0.140. The maximum Gasteiger partial charge on any atom is 0.419 e. The Hall–Kier alpha value is -1.36. The van der Waals surface area contributed by atoms with Crippen molar-refractivity contribution in [3.63, 3.8) is 0 Å². The van der Waals surface area contributed by atoms with Crippen molar-refractivity contribution in [3.8, 4) is 0 Å². The van der Waals surface area contributed by atoms with Gasteiger partial charge in [0.1, 0.15) is 5.82 Å². The fourth-order valence-electron chi connectivity index (χ4n) is 1.70. The first-order chi connectivity index (χ1) is 8.75. The Morgan fingerprint density at radius 3 is 2.53 bits per heavy atom. The zero-order chi connectivity index (χ0) is 14.6. The van der Waals surface area contributed by atoms with E-state index in [4.69, 9.17) is 0 Å². The topological polar surface area (TPSA) is 12.0 Å². The average Bonchev–Trinajstić information content (AvgIpc) is 2.30. The maximum atomic E-state index is 13.1. The molecule has 0 amide bonds. The van der Waals surface area contributed by atoms with Gasteiger partial charge in [-0.3, -0.25) is 0 Å². The molecule has 0 aliphatic rings. The van der Waals surface area contributed by atoms with E-state index >= 15 is 0 Å². The molecule has 0 aliphatic carbocycles. The van der Waals surface area contributed by atoms with Gasteiger partial charge in [-0.05, 0) is 38.1 Å². The first kappa shape index (κ1) is 15.7. The van der Waals surface area contributed by atoms with E-state index in [9.17, 15) is 17.6 Å². The number of nitrogens with one attached hydrogen (secondary N) is 1. The van der Waals surface area contributed by atoms with Gasteiger partial charge >= 0.3 is 6.18 Å². The van der Waals surface area contributed by atoms with Crippen molar-refractivity contribution < 1.29 is 17.6 Å². The molecule has 0 aromatic heterocycles. The average molecular weight is 275 g/mol. The van der Waals surface area contributed by atoms with Crippen molar-refractivity contribution in [3.05, 3.63) is 40.7 Å². The summed E-state index contributed by atoms with van der Waals surface area (Å²) in [5, 5.41) is 3.16. The van der Waals surface area contributed by atoms with E-state index in [2.05, 4.69) is 5.32 Å². The van der Waals surface area contributed by atoms with Gasteiger partial charge in [0, 0.05) is 6.04 Å². The monoisotopic (exact) mass is 275 g/mol. The third-order valence-corrected chi connectivity index (χ3v) is 2.88. The maximum absolute atomic E-state index is 13.1. The second kappa shape index (κ2) is 6.19. The highest BCUT2D eigenvalue weighted by Crippen LogP contribution is 2.32. The van der Waals surface area contributed by atoms with E-state index in [0.29, 0.717) is 5.56 Å². The zero-order valence-corrected chi connectivity index (χ0v) is 11.1. The summed E-state index contributed by atoms with van der Waals surface area (Å²) in [6.07, 6.45) is -3.04. The third kappa shape index (κ3) is 4.35. The lowest BCUT2D eigenvalue weighted by Crippen LogP contribution is -2.26. The Bertz CT molecular complexity index is 463. The normalized spacial score (nSPS) is 14.6. The first-order valence-electron chi connectivity index (χ1n) is 6.04. The van der Waals surface area contributed by atoms with Gasteiger partial charge in [0.25, 0.3) is 0 Å². The van der Waals surface area contributed by atoms with Gasteiger partial charge in [0.15, 0.2) is 0 Å². The molecule has 19 heavy (non-hydrogen) atoms. The molecule has 0 saturated heterocycles. The van der Waals surface area contributed by atoms with Gasteiger partial charge in [-0.1, -0.05) is 24.6 Å². The number of rotatable bonds is 4. The molecule has 1 rings (SSSR count). The van der Waals surface area contributed by atoms with E-state index in [1.54, 1.807) is 6.08 Å². The number of benzene rings is 1. The number of halogens is 4. The van der Waals surface area contributed by atoms with Crippen molar-refractivity contribution in [2.45, 2.75) is 33.0 Å². The fraction of sp³-hybridized carbons (Fsp3) is 0.429. The van der Waals surface area contributed by atoms with Crippen molar-refractivity contribution in [2.24, 2.45) is 0 Å². The second-order valence-electron chi connectivity index (χ2n) is 4.40. The third-order valence-electron chi connectivity index (χ3n) is 2.88. The van der Waals surface area contributed by atoms with Crippen LogP contribution in [-0.2, 0) is 6.18 Å². The summed E-state index contributed by atoms with van der Waals surface area (Å²) < 4.78 is 50.8. The Balaban J connectivity index is 3.07. The summed E-state index contributed by atoms with van der Waals surface area (Å²) in [6.45, 7) is 6.46. The highest BCUT2D eigenvalue weighted by atomic mass is 19.4. The summed E-state index contributed by atoms with van der Waals surface area (Å²) in [7, 11) is 0. The Kier molecular flexibility index (Phi) is 5.11. The molecule has 106 valence electrons. The summed E-state index contributed by atoms with van der Waals surface area (Å²) in [5.74, 6) is -1.25. The molecule has 1 aromatic carbocycles. The quantitative estimate of drug-likeness (QED) is 0.810. The van der Waals surface area contributed by atoms with Crippen molar-refractivity contribution in [1.29, 1.82) is 0 Å². The number of hydrogen-bond donors (Lipinski definition) is 1. The van der Waals surface area contributed by atoms with Crippen molar-refractivity contribution in [2.75, 3.05) is 6.54 Å². The van der Waals surface area contributed by atoms with E-state index < -0.39 is 17.6 Å². The predicted molar refractivity (Wildman–Crippen MR) is 68.2 cm³/mol. The molecule has 0 fully saturated rings. The Morgan fingerprint density at radius 2 is 2.00 bits per heavy atom. The SMILES string of the molecule is CCNC(C)/C(C)=C/c1ccc(F)c(C(F)(F)F)c1. The lowest BCUT2D eigenvalue weighted by Gasteiger charge is -2.14. The second-order valence-corrected chi connectivity index (χ2v) is 4.40. The summed E-state index contributed by atoms with van der Waals surface area (Å²) in [6, 6.07) is 3.08. The van der Waals surface area contributed by atoms with Crippen LogP contribution in [0.1, 0.15) is 31.9 Å². The van der Waals surface area contributed by atoms with Crippen LogP contribution in [-0.4, -0.2) is 12.6 Å². The van der Waals surface area contributed by atoms with Crippen LogP contribution >= 0.6 is 0 Å². The van der Waals surface area contributed by atoms with Crippen molar-refractivity contribution in [1.82, 2.24) is 5.32 Å². The van der Waals surface area contributed by atoms with Crippen LogP contribution in [0.2, 0.25) is 0 Å². The standard InChI is InChI=1S/C14H17F4N/c1-4-19-10(3)9(2)7-11-5-6-13(15)12(8-11)14(16,17)18/h5-8,10,19H,4H2,1-3H3/b9-7+. The van der Waals surface area contributed by atoms with Crippen LogP contribution < -0.4 is 5.32 Å². The van der Waals surface area contributed by atoms with Gasteiger partial charge < -0.3 is 5.32 Å². The molecule has 1 unspecified atom stereocenters.